The number of ether oxygens (including phenoxy) is 1. The SMILES string of the molecule is CCNC(=NCc1ccc(OCC)c(F)c1)NCCSC. The maximum Gasteiger partial charge on any atom is 0.191 e. The number of hydrogen-bond acceptors (Lipinski definition) is 3. The standard InChI is InChI=1S/C15H24FN3OS/c1-4-17-15(18-8-9-21-3)19-11-12-6-7-14(20-5-2)13(16)10-12/h6-7,10H,4-5,8-9,11H2,1-3H3,(H2,17,18,19). The van der Waals surface area contributed by atoms with Crippen LogP contribution in [-0.4, -0.2) is 37.7 Å². The van der Waals surface area contributed by atoms with Crippen molar-refractivity contribution in [2.75, 3.05) is 31.7 Å². The van der Waals surface area contributed by atoms with Crippen LogP contribution in [0.25, 0.3) is 0 Å². The Balaban J connectivity index is 2.64. The van der Waals surface area contributed by atoms with Crippen LogP contribution < -0.4 is 15.4 Å². The molecule has 1 aromatic rings. The molecular formula is C15H24FN3OS. The van der Waals surface area contributed by atoms with Crippen molar-refractivity contribution in [2.24, 2.45) is 4.99 Å². The van der Waals surface area contributed by atoms with Gasteiger partial charge in [-0.2, -0.15) is 11.8 Å². The maximum atomic E-state index is 13.8. The van der Waals surface area contributed by atoms with Crippen LogP contribution in [0.4, 0.5) is 4.39 Å². The van der Waals surface area contributed by atoms with Gasteiger partial charge in [0.1, 0.15) is 0 Å². The fraction of sp³-hybridized carbons (Fsp3) is 0.533. The molecule has 0 aliphatic carbocycles. The van der Waals surface area contributed by atoms with Crippen molar-refractivity contribution in [1.29, 1.82) is 0 Å². The molecular weight excluding hydrogens is 289 g/mol. The van der Waals surface area contributed by atoms with E-state index in [-0.39, 0.29) is 11.6 Å². The van der Waals surface area contributed by atoms with Crippen LogP contribution in [0.15, 0.2) is 23.2 Å². The van der Waals surface area contributed by atoms with E-state index in [4.69, 9.17) is 4.74 Å². The predicted molar refractivity (Wildman–Crippen MR) is 88.8 cm³/mol. The van der Waals surface area contributed by atoms with Gasteiger partial charge < -0.3 is 15.4 Å². The molecule has 1 rings (SSSR count). The molecule has 4 nitrogen and oxygen atoms in total. The maximum absolute atomic E-state index is 13.8. The first kappa shape index (κ1) is 17.6. The molecule has 0 saturated heterocycles. The number of aliphatic imine (C=N–C) groups is 1. The van der Waals surface area contributed by atoms with E-state index in [9.17, 15) is 4.39 Å². The fourth-order valence-electron chi connectivity index (χ4n) is 1.70. The lowest BCUT2D eigenvalue weighted by Gasteiger charge is -2.11. The highest BCUT2D eigenvalue weighted by Crippen LogP contribution is 2.18. The van der Waals surface area contributed by atoms with Crippen molar-refractivity contribution >= 4 is 17.7 Å². The third kappa shape index (κ3) is 6.71. The lowest BCUT2D eigenvalue weighted by Crippen LogP contribution is -2.38. The zero-order valence-corrected chi connectivity index (χ0v) is 13.7. The third-order valence-corrected chi connectivity index (χ3v) is 3.27. The largest absolute Gasteiger partial charge is 0.491 e. The van der Waals surface area contributed by atoms with Gasteiger partial charge in [-0.25, -0.2) is 9.38 Å². The molecule has 0 unspecified atom stereocenters. The minimum atomic E-state index is -0.343. The Morgan fingerprint density at radius 3 is 2.76 bits per heavy atom. The Labute approximate surface area is 130 Å². The Morgan fingerprint density at radius 1 is 1.33 bits per heavy atom. The summed E-state index contributed by atoms with van der Waals surface area (Å²) in [5, 5.41) is 6.41. The second kappa shape index (κ2) is 10.3. The van der Waals surface area contributed by atoms with Crippen LogP contribution in [0.1, 0.15) is 19.4 Å². The average Bonchev–Trinajstić information content (AvgIpc) is 2.47. The summed E-state index contributed by atoms with van der Waals surface area (Å²) in [7, 11) is 0. The van der Waals surface area contributed by atoms with Crippen molar-refractivity contribution in [3.8, 4) is 5.75 Å². The van der Waals surface area contributed by atoms with Crippen LogP contribution in [0.2, 0.25) is 0 Å². The summed E-state index contributed by atoms with van der Waals surface area (Å²) in [6.45, 7) is 6.38. The van der Waals surface area contributed by atoms with Gasteiger partial charge in [-0.1, -0.05) is 6.07 Å². The van der Waals surface area contributed by atoms with E-state index >= 15 is 0 Å². The molecule has 0 saturated carbocycles. The highest BCUT2D eigenvalue weighted by Gasteiger charge is 2.04. The number of nitrogens with one attached hydrogen (secondary N) is 2. The predicted octanol–water partition coefficient (Wildman–Crippen LogP) is 2.64. The monoisotopic (exact) mass is 313 g/mol. The second-order valence-corrected chi connectivity index (χ2v) is 5.30. The van der Waals surface area contributed by atoms with E-state index in [1.807, 2.05) is 19.9 Å². The van der Waals surface area contributed by atoms with Crippen molar-refractivity contribution in [1.82, 2.24) is 10.6 Å². The first-order valence-electron chi connectivity index (χ1n) is 7.13. The summed E-state index contributed by atoms with van der Waals surface area (Å²) in [4.78, 5) is 4.45. The topological polar surface area (TPSA) is 45.7 Å². The van der Waals surface area contributed by atoms with Crippen LogP contribution in [-0.2, 0) is 6.54 Å². The molecule has 118 valence electrons. The van der Waals surface area contributed by atoms with Crippen LogP contribution >= 0.6 is 11.8 Å². The van der Waals surface area contributed by atoms with Gasteiger partial charge in [-0.15, -0.1) is 0 Å². The molecule has 6 heteroatoms. The molecule has 0 spiro atoms. The highest BCUT2D eigenvalue weighted by atomic mass is 32.2. The van der Waals surface area contributed by atoms with Gasteiger partial charge >= 0.3 is 0 Å². The van der Waals surface area contributed by atoms with Crippen molar-refractivity contribution in [3.05, 3.63) is 29.6 Å². The Kier molecular flexibility index (Phi) is 8.66. The van der Waals surface area contributed by atoms with Gasteiger partial charge in [-0.3, -0.25) is 0 Å². The minimum Gasteiger partial charge on any atom is -0.491 e. The number of hydrogen-bond donors (Lipinski definition) is 2. The van der Waals surface area contributed by atoms with E-state index < -0.39 is 0 Å². The van der Waals surface area contributed by atoms with E-state index in [0.29, 0.717) is 13.2 Å². The number of halogens is 1. The minimum absolute atomic E-state index is 0.287. The quantitative estimate of drug-likeness (QED) is 0.440. The zero-order valence-electron chi connectivity index (χ0n) is 12.9. The first-order valence-corrected chi connectivity index (χ1v) is 8.53. The molecule has 2 N–H and O–H groups in total. The average molecular weight is 313 g/mol. The molecule has 21 heavy (non-hydrogen) atoms. The number of thioether (sulfide) groups is 1. The molecule has 0 fully saturated rings. The highest BCUT2D eigenvalue weighted by molar-refractivity contribution is 7.98. The molecule has 0 bridgehead atoms. The summed E-state index contributed by atoms with van der Waals surface area (Å²) < 4.78 is 18.9. The molecule has 0 aliphatic rings. The lowest BCUT2D eigenvalue weighted by molar-refractivity contribution is 0.321. The van der Waals surface area contributed by atoms with Gasteiger partial charge in [0.15, 0.2) is 17.5 Å². The van der Waals surface area contributed by atoms with Crippen molar-refractivity contribution in [3.63, 3.8) is 0 Å². The zero-order chi connectivity index (χ0) is 15.5. The van der Waals surface area contributed by atoms with Gasteiger partial charge in [0.05, 0.1) is 13.2 Å². The summed E-state index contributed by atoms with van der Waals surface area (Å²) in [6, 6.07) is 4.96. The Morgan fingerprint density at radius 2 is 2.14 bits per heavy atom. The molecule has 0 atom stereocenters. The van der Waals surface area contributed by atoms with E-state index in [1.54, 1.807) is 17.8 Å². The number of nitrogens with zero attached hydrogens (tertiary/aromatic N) is 1. The normalized spacial score (nSPS) is 11.3. The molecule has 0 aromatic heterocycles. The number of rotatable bonds is 8. The second-order valence-electron chi connectivity index (χ2n) is 4.31. The summed E-state index contributed by atoms with van der Waals surface area (Å²) >= 11 is 1.78. The Hall–Kier alpha value is -1.43. The van der Waals surface area contributed by atoms with E-state index in [0.717, 1.165) is 30.4 Å². The fourth-order valence-corrected chi connectivity index (χ4v) is 2.01. The van der Waals surface area contributed by atoms with E-state index in [1.165, 1.54) is 6.07 Å². The molecule has 0 heterocycles. The molecule has 1 aromatic carbocycles. The smallest absolute Gasteiger partial charge is 0.191 e. The molecule has 0 amide bonds. The summed E-state index contributed by atoms with van der Waals surface area (Å²) in [5.41, 5.74) is 0.818. The summed E-state index contributed by atoms with van der Waals surface area (Å²) in [6.07, 6.45) is 2.06. The Bertz CT molecular complexity index is 455. The third-order valence-electron chi connectivity index (χ3n) is 2.66. The van der Waals surface area contributed by atoms with Crippen LogP contribution in [0.5, 0.6) is 5.75 Å². The number of benzene rings is 1. The van der Waals surface area contributed by atoms with Crippen molar-refractivity contribution < 1.29 is 9.13 Å². The van der Waals surface area contributed by atoms with Gasteiger partial charge in [0.2, 0.25) is 0 Å². The first-order chi connectivity index (χ1) is 10.2. The van der Waals surface area contributed by atoms with E-state index in [2.05, 4.69) is 21.9 Å². The van der Waals surface area contributed by atoms with Gasteiger partial charge in [0, 0.05) is 18.8 Å². The molecule has 0 aliphatic heterocycles. The number of guanidine groups is 1. The summed E-state index contributed by atoms with van der Waals surface area (Å²) in [5.74, 6) is 1.71. The van der Waals surface area contributed by atoms with Gasteiger partial charge in [0.25, 0.3) is 0 Å². The van der Waals surface area contributed by atoms with Crippen LogP contribution in [0.3, 0.4) is 0 Å². The van der Waals surface area contributed by atoms with Gasteiger partial charge in [-0.05, 0) is 37.8 Å². The van der Waals surface area contributed by atoms with Crippen LogP contribution in [0, 0.1) is 5.82 Å². The van der Waals surface area contributed by atoms with Crippen molar-refractivity contribution in [2.45, 2.75) is 20.4 Å². The molecule has 0 radical (unpaired) electrons. The lowest BCUT2D eigenvalue weighted by atomic mass is 10.2.